The molecule has 4 aromatic carbocycles. The average molecular weight is 780 g/mol. The van der Waals surface area contributed by atoms with E-state index in [9.17, 15) is 22.8 Å². The van der Waals surface area contributed by atoms with E-state index in [1.54, 1.807) is 24.3 Å². The molecule has 0 aromatic heterocycles. The summed E-state index contributed by atoms with van der Waals surface area (Å²) in [5, 5.41) is 14.5. The first kappa shape index (κ1) is 43.9. The Balaban J connectivity index is 1.35. The summed E-state index contributed by atoms with van der Waals surface area (Å²) in [6.45, 7) is 9.14. The second kappa shape index (κ2) is 23.3. The van der Waals surface area contributed by atoms with Crippen LogP contribution in [0.4, 0.5) is 24.5 Å². The van der Waals surface area contributed by atoms with Gasteiger partial charge in [-0.2, -0.15) is 13.2 Å². The number of rotatable bonds is 24. The molecule has 0 aliphatic heterocycles. The molecular formula is C43H52F3N3O7. The molecule has 302 valence electrons. The molecule has 0 fully saturated rings. The Morgan fingerprint density at radius 1 is 0.679 bits per heavy atom. The lowest BCUT2D eigenvalue weighted by Crippen LogP contribution is -2.23. The number of aliphatic hydroxyl groups excluding tert-OH is 1. The first-order chi connectivity index (χ1) is 27.1. The van der Waals surface area contributed by atoms with Crippen molar-refractivity contribution in [1.29, 1.82) is 0 Å². The van der Waals surface area contributed by atoms with E-state index in [0.717, 1.165) is 49.3 Å². The number of nitrogens with one attached hydrogen (secondary N) is 2. The van der Waals surface area contributed by atoms with E-state index < -0.39 is 17.6 Å². The quantitative estimate of drug-likeness (QED) is 0.0631. The number of aryl methyl sites for hydroxylation is 1. The van der Waals surface area contributed by atoms with Gasteiger partial charge in [-0.3, -0.25) is 9.59 Å². The van der Waals surface area contributed by atoms with Crippen LogP contribution in [-0.2, 0) is 38.1 Å². The molecular weight excluding hydrogens is 727 g/mol. The minimum Gasteiger partial charge on any atom is -0.394 e. The van der Waals surface area contributed by atoms with Crippen LogP contribution >= 0.6 is 0 Å². The van der Waals surface area contributed by atoms with Gasteiger partial charge in [-0.05, 0) is 98.0 Å². The molecule has 0 radical (unpaired) electrons. The monoisotopic (exact) mass is 779 g/mol. The van der Waals surface area contributed by atoms with Crippen LogP contribution in [0.1, 0.15) is 57.7 Å². The molecule has 0 bridgehead atoms. The highest BCUT2D eigenvalue weighted by molar-refractivity contribution is 6.07. The van der Waals surface area contributed by atoms with Gasteiger partial charge in [0.05, 0.1) is 58.4 Å². The van der Waals surface area contributed by atoms with Crippen molar-refractivity contribution in [3.8, 4) is 11.1 Å². The summed E-state index contributed by atoms with van der Waals surface area (Å²) in [7, 11) is 0. The average Bonchev–Trinajstić information content (AvgIpc) is 3.21. The highest BCUT2D eigenvalue weighted by Crippen LogP contribution is 2.34. The van der Waals surface area contributed by atoms with Crippen molar-refractivity contribution in [2.24, 2.45) is 0 Å². The number of halogens is 3. The third kappa shape index (κ3) is 14.4. The Labute approximate surface area is 326 Å². The van der Waals surface area contributed by atoms with E-state index in [0.29, 0.717) is 86.4 Å². The largest absolute Gasteiger partial charge is 0.416 e. The Hall–Kier alpha value is -4.79. The highest BCUT2D eigenvalue weighted by Gasteiger charge is 2.30. The van der Waals surface area contributed by atoms with Crippen molar-refractivity contribution < 1.29 is 46.8 Å². The lowest BCUT2D eigenvalue weighted by Gasteiger charge is -2.23. The Kier molecular flexibility index (Phi) is 18.3. The first-order valence-corrected chi connectivity index (χ1v) is 18.9. The Morgan fingerprint density at radius 2 is 1.29 bits per heavy atom. The van der Waals surface area contributed by atoms with Crippen LogP contribution in [0.3, 0.4) is 0 Å². The summed E-state index contributed by atoms with van der Waals surface area (Å²) < 4.78 is 61.3. The van der Waals surface area contributed by atoms with Gasteiger partial charge in [0.1, 0.15) is 0 Å². The van der Waals surface area contributed by atoms with Crippen LogP contribution < -0.4 is 15.5 Å². The minimum atomic E-state index is -4.48. The second-order valence-electron chi connectivity index (χ2n) is 12.8. The fraction of sp³-hybridized carbons (Fsp3) is 0.395. The summed E-state index contributed by atoms with van der Waals surface area (Å²) in [4.78, 5) is 29.0. The Bertz CT molecular complexity index is 1820. The number of anilines is 2. The van der Waals surface area contributed by atoms with Gasteiger partial charge in [-0.1, -0.05) is 36.4 Å². The van der Waals surface area contributed by atoms with E-state index in [1.165, 1.54) is 12.1 Å². The zero-order chi connectivity index (χ0) is 40.2. The normalized spacial score (nSPS) is 11.4. The molecule has 13 heteroatoms. The molecule has 0 atom stereocenters. The highest BCUT2D eigenvalue weighted by atomic mass is 19.4. The standard InChI is InChI=1S/C43H52F3N3O7/c1-3-49(4-2)38-16-17-40(39(30-38)34-12-7-14-36(29-34)41(51)47-31-33-10-6-15-37(28-33)43(44,45)46)48-42(52)35-13-5-9-32(27-35)11-8-19-53-21-23-55-25-26-56-24-22-54-20-18-50/h5-7,9-10,12-17,27-30,50H,3-4,8,11,18-26,31H2,1-2H3,(H,47,51)(H,48,52). The maximum absolute atomic E-state index is 13.6. The van der Waals surface area contributed by atoms with E-state index in [2.05, 4.69) is 29.4 Å². The summed E-state index contributed by atoms with van der Waals surface area (Å²) in [6.07, 6.45) is -2.99. The molecule has 0 unspecified atom stereocenters. The number of hydrogen-bond donors (Lipinski definition) is 3. The second-order valence-corrected chi connectivity index (χ2v) is 12.8. The van der Waals surface area contributed by atoms with Crippen LogP contribution in [0.5, 0.6) is 0 Å². The molecule has 4 rings (SSSR count). The summed E-state index contributed by atoms with van der Waals surface area (Å²) in [5.74, 6) is -0.724. The van der Waals surface area contributed by atoms with Crippen molar-refractivity contribution in [3.05, 3.63) is 119 Å². The number of ether oxygens (including phenoxy) is 4. The van der Waals surface area contributed by atoms with Gasteiger partial charge in [0.2, 0.25) is 0 Å². The van der Waals surface area contributed by atoms with Crippen molar-refractivity contribution in [1.82, 2.24) is 5.32 Å². The molecule has 0 saturated heterocycles. The molecule has 0 aliphatic rings. The fourth-order valence-corrected chi connectivity index (χ4v) is 5.90. The lowest BCUT2D eigenvalue weighted by atomic mass is 9.99. The number of nitrogens with zero attached hydrogens (tertiary/aromatic N) is 1. The van der Waals surface area contributed by atoms with Crippen LogP contribution in [0.2, 0.25) is 0 Å². The number of amides is 2. The maximum atomic E-state index is 13.6. The fourth-order valence-electron chi connectivity index (χ4n) is 5.90. The molecule has 10 nitrogen and oxygen atoms in total. The zero-order valence-electron chi connectivity index (χ0n) is 32.0. The number of carbonyl (C=O) groups is 2. The molecule has 0 aliphatic carbocycles. The number of alkyl halides is 3. The molecule has 4 aromatic rings. The smallest absolute Gasteiger partial charge is 0.394 e. The van der Waals surface area contributed by atoms with Crippen LogP contribution in [-0.4, -0.2) is 89.5 Å². The van der Waals surface area contributed by atoms with Gasteiger partial charge in [0.25, 0.3) is 11.8 Å². The Morgan fingerprint density at radius 3 is 1.95 bits per heavy atom. The molecule has 2 amide bonds. The number of aliphatic hydroxyl groups is 1. The van der Waals surface area contributed by atoms with Crippen molar-refractivity contribution in [3.63, 3.8) is 0 Å². The SMILES string of the molecule is CCN(CC)c1ccc(NC(=O)c2cccc(CCCOCCOCCOCCOCCO)c2)c(-c2cccc(C(=O)NCc3cccc(C(F)(F)F)c3)c2)c1. The molecule has 0 saturated carbocycles. The zero-order valence-corrected chi connectivity index (χ0v) is 32.0. The summed E-state index contributed by atoms with van der Waals surface area (Å²) >= 11 is 0. The van der Waals surface area contributed by atoms with Gasteiger partial charge in [0, 0.05) is 54.3 Å². The van der Waals surface area contributed by atoms with Crippen molar-refractivity contribution >= 4 is 23.2 Å². The molecule has 56 heavy (non-hydrogen) atoms. The van der Waals surface area contributed by atoms with Crippen LogP contribution in [0.15, 0.2) is 91.0 Å². The predicted molar refractivity (Wildman–Crippen MR) is 211 cm³/mol. The minimum absolute atomic E-state index is 0.00490. The number of benzene rings is 4. The number of hydrogen-bond acceptors (Lipinski definition) is 8. The predicted octanol–water partition coefficient (Wildman–Crippen LogP) is 7.39. The molecule has 0 heterocycles. The third-order valence-corrected chi connectivity index (χ3v) is 8.82. The van der Waals surface area contributed by atoms with E-state index in [4.69, 9.17) is 24.1 Å². The lowest BCUT2D eigenvalue weighted by molar-refractivity contribution is -0.137. The topological polar surface area (TPSA) is 119 Å². The maximum Gasteiger partial charge on any atom is 0.416 e. The van der Waals surface area contributed by atoms with Gasteiger partial charge in [0.15, 0.2) is 0 Å². The molecule has 0 spiro atoms. The summed E-state index contributed by atoms with van der Waals surface area (Å²) in [6, 6.07) is 25.0. The van der Waals surface area contributed by atoms with Gasteiger partial charge >= 0.3 is 6.18 Å². The van der Waals surface area contributed by atoms with Crippen molar-refractivity contribution in [2.45, 2.75) is 39.4 Å². The van der Waals surface area contributed by atoms with Gasteiger partial charge < -0.3 is 39.6 Å². The van der Waals surface area contributed by atoms with Crippen LogP contribution in [0.25, 0.3) is 11.1 Å². The number of carbonyl (C=O) groups excluding carboxylic acids is 2. The van der Waals surface area contributed by atoms with Crippen LogP contribution in [0, 0.1) is 0 Å². The van der Waals surface area contributed by atoms with Gasteiger partial charge in [-0.15, -0.1) is 0 Å². The summed E-state index contributed by atoms with van der Waals surface area (Å²) in [5.41, 5.74) is 4.29. The third-order valence-electron chi connectivity index (χ3n) is 8.82. The first-order valence-electron chi connectivity index (χ1n) is 18.9. The van der Waals surface area contributed by atoms with E-state index >= 15 is 0 Å². The van der Waals surface area contributed by atoms with E-state index in [1.807, 2.05) is 42.5 Å². The molecule has 3 N–H and O–H groups in total. The van der Waals surface area contributed by atoms with Gasteiger partial charge in [-0.25, -0.2) is 0 Å². The van der Waals surface area contributed by atoms with E-state index in [-0.39, 0.29) is 19.1 Å². The van der Waals surface area contributed by atoms with Crippen molar-refractivity contribution in [2.75, 3.05) is 82.8 Å².